The number of nitrogens with one attached hydrogen (secondary N) is 4. The molecule has 4 aliphatic rings. The van der Waals surface area contributed by atoms with E-state index in [0.717, 1.165) is 57.8 Å². The number of primary amides is 2. The number of fused-ring (bicyclic) bond motifs is 7. The molecule has 4 unspecified atom stereocenters. The number of anilines is 4. The van der Waals surface area contributed by atoms with Crippen LogP contribution in [0.2, 0.25) is 0 Å². The number of aryl methyl sites for hydroxylation is 2. The average Bonchev–Trinajstić information content (AvgIpc) is 2.82. The van der Waals surface area contributed by atoms with Crippen molar-refractivity contribution in [2.45, 2.75) is 56.5 Å². The van der Waals surface area contributed by atoms with Crippen molar-refractivity contribution in [3.8, 4) is 0 Å². The molecule has 33 heavy (non-hydrogen) atoms. The first-order chi connectivity index (χ1) is 15.9. The third-order valence-electron chi connectivity index (χ3n) is 7.64. The Morgan fingerprint density at radius 2 is 1.27 bits per heavy atom. The quantitative estimate of drug-likeness (QED) is 0.364. The summed E-state index contributed by atoms with van der Waals surface area (Å²) in [6, 6.07) is 7.39. The van der Waals surface area contributed by atoms with Crippen molar-refractivity contribution in [1.29, 1.82) is 0 Å². The summed E-state index contributed by atoms with van der Waals surface area (Å²) in [4.78, 5) is 23.6. The van der Waals surface area contributed by atoms with Crippen molar-refractivity contribution >= 4 is 34.6 Å². The van der Waals surface area contributed by atoms with Gasteiger partial charge in [0.05, 0.1) is 28.9 Å². The molecule has 0 saturated heterocycles. The Hall–Kier alpha value is -3.46. The van der Waals surface area contributed by atoms with Gasteiger partial charge in [-0.2, -0.15) is 0 Å². The highest BCUT2D eigenvalue weighted by molar-refractivity contribution is 5.90. The molecular weight excluding hydrogens is 420 g/mol. The highest BCUT2D eigenvalue weighted by Gasteiger charge is 2.42. The second kappa shape index (κ2) is 7.28. The van der Waals surface area contributed by atoms with Gasteiger partial charge >= 0.3 is 0 Å². The molecule has 9 heteroatoms. The largest absolute Gasteiger partial charge is 0.388 e. The average molecular weight is 449 g/mol. The summed E-state index contributed by atoms with van der Waals surface area (Å²) in [6.45, 7) is 0. The molecule has 0 saturated carbocycles. The molecule has 0 bridgehead atoms. The summed E-state index contributed by atoms with van der Waals surface area (Å²) in [5, 5.41) is 25.1. The molecule has 0 fully saturated rings. The standard InChI is InChI=1S/C24H28N6O3/c25-22(32)15-7-4-10-1-2-12-9-14-21(31)13-6-3-11-5-8-16(23(26)33)28-18(11)20(13)30-24(14)29-19(12)17(10)27-15/h1-3,6,14-16,21,24,27-31H,4-5,7-9H2,(H2,25,32)(H2,26,33)/t14?,15-,16?,21?,24?/m1/s1. The third-order valence-corrected chi connectivity index (χ3v) is 7.64. The second-order valence-corrected chi connectivity index (χ2v) is 9.55. The molecule has 4 heterocycles. The van der Waals surface area contributed by atoms with Crippen LogP contribution in [0.15, 0.2) is 24.3 Å². The van der Waals surface area contributed by atoms with Crippen molar-refractivity contribution in [2.75, 3.05) is 21.3 Å². The van der Waals surface area contributed by atoms with Crippen LogP contribution in [-0.2, 0) is 28.9 Å². The monoisotopic (exact) mass is 448 g/mol. The van der Waals surface area contributed by atoms with Gasteiger partial charge in [0.1, 0.15) is 18.2 Å². The lowest BCUT2D eigenvalue weighted by molar-refractivity contribution is -0.119. The zero-order chi connectivity index (χ0) is 22.9. The molecule has 172 valence electrons. The van der Waals surface area contributed by atoms with E-state index in [1.54, 1.807) is 0 Å². The van der Waals surface area contributed by atoms with Gasteiger partial charge in [0.25, 0.3) is 0 Å². The lowest BCUT2D eigenvalue weighted by Gasteiger charge is -2.45. The molecule has 2 amide bonds. The summed E-state index contributed by atoms with van der Waals surface area (Å²) in [5.41, 5.74) is 18.8. The van der Waals surface area contributed by atoms with Crippen LogP contribution in [0.4, 0.5) is 22.7 Å². The number of aliphatic hydroxyl groups excluding tert-OH is 1. The van der Waals surface area contributed by atoms with E-state index in [0.29, 0.717) is 19.3 Å². The fourth-order valence-corrected chi connectivity index (χ4v) is 5.81. The lowest BCUT2D eigenvalue weighted by atomic mass is 9.78. The zero-order valence-corrected chi connectivity index (χ0v) is 18.2. The highest BCUT2D eigenvalue weighted by atomic mass is 16.3. The molecular formula is C24H28N6O3. The molecule has 0 aromatic heterocycles. The predicted molar refractivity (Wildman–Crippen MR) is 126 cm³/mol. The number of nitrogens with two attached hydrogens (primary N) is 2. The van der Waals surface area contributed by atoms with Crippen LogP contribution in [0.3, 0.4) is 0 Å². The van der Waals surface area contributed by atoms with Gasteiger partial charge in [-0.05, 0) is 48.8 Å². The molecule has 6 rings (SSSR count). The Morgan fingerprint density at radius 1 is 0.758 bits per heavy atom. The van der Waals surface area contributed by atoms with Crippen LogP contribution in [0.25, 0.3) is 0 Å². The number of aliphatic hydroxyl groups is 1. The van der Waals surface area contributed by atoms with Gasteiger partial charge in [-0.25, -0.2) is 0 Å². The van der Waals surface area contributed by atoms with Crippen LogP contribution in [0, 0.1) is 5.92 Å². The van der Waals surface area contributed by atoms with Gasteiger partial charge in [-0.15, -0.1) is 0 Å². The van der Waals surface area contributed by atoms with Crippen LogP contribution in [-0.4, -0.2) is 35.2 Å². The van der Waals surface area contributed by atoms with Gasteiger partial charge in [0.2, 0.25) is 11.8 Å². The summed E-state index contributed by atoms with van der Waals surface area (Å²) in [6.07, 6.45) is 2.66. The molecule has 2 aromatic rings. The van der Waals surface area contributed by atoms with E-state index in [2.05, 4.69) is 33.4 Å². The Morgan fingerprint density at radius 3 is 1.91 bits per heavy atom. The summed E-state index contributed by atoms with van der Waals surface area (Å²) in [5.74, 6) is -0.806. The van der Waals surface area contributed by atoms with Gasteiger partial charge in [-0.3, -0.25) is 9.59 Å². The normalized spacial score (nSPS) is 28.7. The molecule has 0 radical (unpaired) electrons. The number of benzene rings is 2. The fraction of sp³-hybridized carbons (Fsp3) is 0.417. The first-order valence-electron chi connectivity index (χ1n) is 11.5. The Balaban J connectivity index is 1.36. The van der Waals surface area contributed by atoms with Crippen LogP contribution in [0.1, 0.15) is 41.2 Å². The van der Waals surface area contributed by atoms with E-state index < -0.39 is 18.2 Å². The number of hydrogen-bond acceptors (Lipinski definition) is 7. The number of carbonyl (C=O) groups is 2. The molecule has 9 N–H and O–H groups in total. The Kier molecular flexibility index (Phi) is 4.45. The van der Waals surface area contributed by atoms with Gasteiger partial charge < -0.3 is 37.8 Å². The number of rotatable bonds is 2. The first kappa shape index (κ1) is 20.2. The third kappa shape index (κ3) is 3.10. The van der Waals surface area contributed by atoms with E-state index in [-0.39, 0.29) is 23.9 Å². The van der Waals surface area contributed by atoms with Crippen LogP contribution in [0.5, 0.6) is 0 Å². The Bertz CT molecular complexity index is 1180. The first-order valence-corrected chi connectivity index (χ1v) is 11.5. The van der Waals surface area contributed by atoms with Crippen LogP contribution >= 0.6 is 0 Å². The minimum absolute atomic E-state index is 0.0767. The molecule has 4 aliphatic heterocycles. The minimum atomic E-state index is -0.671. The summed E-state index contributed by atoms with van der Waals surface area (Å²) in [7, 11) is 0. The van der Waals surface area contributed by atoms with E-state index in [1.807, 2.05) is 12.1 Å². The van der Waals surface area contributed by atoms with E-state index >= 15 is 0 Å². The van der Waals surface area contributed by atoms with Crippen molar-refractivity contribution in [3.05, 3.63) is 46.5 Å². The number of hydrogen-bond donors (Lipinski definition) is 7. The smallest absolute Gasteiger partial charge is 0.239 e. The SMILES string of the molecule is NC(=O)C1CCc2ccc3c(c2N1)NC1Nc2c(ccc4c2N[C@@H](C(N)=O)CC4)CC1C3O. The molecule has 5 atom stereocenters. The topological polar surface area (TPSA) is 155 Å². The zero-order valence-electron chi connectivity index (χ0n) is 18.2. The molecule has 9 nitrogen and oxygen atoms in total. The van der Waals surface area contributed by atoms with Crippen molar-refractivity contribution < 1.29 is 14.7 Å². The second-order valence-electron chi connectivity index (χ2n) is 9.55. The number of carbonyl (C=O) groups excluding carboxylic acids is 2. The van der Waals surface area contributed by atoms with Gasteiger partial charge in [0, 0.05) is 11.5 Å². The van der Waals surface area contributed by atoms with Crippen molar-refractivity contribution in [3.63, 3.8) is 0 Å². The van der Waals surface area contributed by atoms with E-state index in [9.17, 15) is 14.7 Å². The Labute approximate surface area is 191 Å². The number of amides is 2. The molecule has 2 aromatic carbocycles. The fourth-order valence-electron chi connectivity index (χ4n) is 5.81. The van der Waals surface area contributed by atoms with Crippen molar-refractivity contribution in [1.82, 2.24) is 0 Å². The maximum Gasteiger partial charge on any atom is 0.239 e. The van der Waals surface area contributed by atoms with E-state index in [4.69, 9.17) is 11.5 Å². The minimum Gasteiger partial charge on any atom is -0.388 e. The highest BCUT2D eigenvalue weighted by Crippen LogP contribution is 2.49. The van der Waals surface area contributed by atoms with Crippen molar-refractivity contribution in [2.24, 2.45) is 17.4 Å². The van der Waals surface area contributed by atoms with Gasteiger partial charge in [0.15, 0.2) is 0 Å². The summed E-state index contributed by atoms with van der Waals surface area (Å²) < 4.78 is 0. The van der Waals surface area contributed by atoms with Gasteiger partial charge in [-0.1, -0.05) is 24.3 Å². The molecule has 0 spiro atoms. The summed E-state index contributed by atoms with van der Waals surface area (Å²) >= 11 is 0. The maximum atomic E-state index is 11.8. The molecule has 0 aliphatic carbocycles. The van der Waals surface area contributed by atoms with Crippen LogP contribution < -0.4 is 32.7 Å². The predicted octanol–water partition coefficient (Wildman–Crippen LogP) is 1.18. The lowest BCUT2D eigenvalue weighted by Crippen LogP contribution is -2.48. The van der Waals surface area contributed by atoms with E-state index in [1.165, 1.54) is 0 Å². The maximum absolute atomic E-state index is 11.8.